The number of hydrogen-bond donors (Lipinski definition) is 1. The Kier molecular flexibility index (Phi) is 5.05. The fourth-order valence-corrected chi connectivity index (χ4v) is 2.19. The Morgan fingerprint density at radius 1 is 1.53 bits per heavy atom. The molecule has 1 heterocycles. The van der Waals surface area contributed by atoms with Gasteiger partial charge in [0.15, 0.2) is 0 Å². The SMILES string of the molecule is CCCN(CCO)C(=O)c1ccc([N+](=O)[O-])s1. The lowest BCUT2D eigenvalue weighted by atomic mass is 10.3. The summed E-state index contributed by atoms with van der Waals surface area (Å²) in [7, 11) is 0. The molecule has 1 aromatic rings. The highest BCUT2D eigenvalue weighted by molar-refractivity contribution is 7.17. The van der Waals surface area contributed by atoms with Gasteiger partial charge in [-0.05, 0) is 12.5 Å². The van der Waals surface area contributed by atoms with E-state index in [1.807, 2.05) is 6.92 Å². The minimum atomic E-state index is -0.516. The van der Waals surface area contributed by atoms with Gasteiger partial charge in [0.25, 0.3) is 5.91 Å². The molecular formula is C10H14N2O4S. The second-order valence-electron chi connectivity index (χ2n) is 3.41. The maximum absolute atomic E-state index is 12.0. The summed E-state index contributed by atoms with van der Waals surface area (Å²) in [5.74, 6) is -0.265. The van der Waals surface area contributed by atoms with Crippen molar-refractivity contribution in [1.29, 1.82) is 0 Å². The average molecular weight is 258 g/mol. The first-order chi connectivity index (χ1) is 8.10. The molecule has 0 spiro atoms. The predicted octanol–water partition coefficient (Wildman–Crippen LogP) is 1.50. The summed E-state index contributed by atoms with van der Waals surface area (Å²) in [6.07, 6.45) is 0.777. The average Bonchev–Trinajstić information content (AvgIpc) is 2.77. The highest BCUT2D eigenvalue weighted by Gasteiger charge is 2.19. The maximum atomic E-state index is 12.0. The van der Waals surface area contributed by atoms with Crippen molar-refractivity contribution in [2.75, 3.05) is 19.7 Å². The largest absolute Gasteiger partial charge is 0.395 e. The Labute approximate surface area is 103 Å². The summed E-state index contributed by atoms with van der Waals surface area (Å²) in [5.41, 5.74) is 0. The van der Waals surface area contributed by atoms with Crippen molar-refractivity contribution in [3.8, 4) is 0 Å². The van der Waals surface area contributed by atoms with E-state index in [0.29, 0.717) is 11.4 Å². The van der Waals surface area contributed by atoms with Crippen LogP contribution in [0.1, 0.15) is 23.0 Å². The summed E-state index contributed by atoms with van der Waals surface area (Å²) < 4.78 is 0. The standard InChI is InChI=1S/C10H14N2O4S/c1-2-5-11(6-7-13)10(14)8-3-4-9(17-8)12(15)16/h3-4,13H,2,5-7H2,1H3. The lowest BCUT2D eigenvalue weighted by Crippen LogP contribution is -2.33. The van der Waals surface area contributed by atoms with Crippen molar-refractivity contribution in [2.45, 2.75) is 13.3 Å². The summed E-state index contributed by atoms with van der Waals surface area (Å²) >= 11 is 0.857. The maximum Gasteiger partial charge on any atom is 0.324 e. The quantitative estimate of drug-likeness (QED) is 0.619. The van der Waals surface area contributed by atoms with Crippen LogP contribution in [-0.2, 0) is 0 Å². The first-order valence-electron chi connectivity index (χ1n) is 5.24. The van der Waals surface area contributed by atoms with E-state index in [1.54, 1.807) is 0 Å². The Morgan fingerprint density at radius 2 is 2.24 bits per heavy atom. The van der Waals surface area contributed by atoms with E-state index in [2.05, 4.69) is 0 Å². The Morgan fingerprint density at radius 3 is 2.71 bits per heavy atom. The first kappa shape index (κ1) is 13.6. The third-order valence-corrected chi connectivity index (χ3v) is 3.16. The molecule has 0 aliphatic carbocycles. The molecule has 0 bridgehead atoms. The van der Waals surface area contributed by atoms with E-state index in [4.69, 9.17) is 5.11 Å². The van der Waals surface area contributed by atoms with E-state index in [0.717, 1.165) is 17.8 Å². The molecule has 0 fully saturated rings. The number of nitro groups is 1. The van der Waals surface area contributed by atoms with Gasteiger partial charge < -0.3 is 10.0 Å². The van der Waals surface area contributed by atoms with Crippen LogP contribution < -0.4 is 0 Å². The molecule has 1 aromatic heterocycles. The Bertz CT molecular complexity index is 399. The highest BCUT2D eigenvalue weighted by atomic mass is 32.1. The molecular weight excluding hydrogens is 244 g/mol. The number of hydrogen-bond acceptors (Lipinski definition) is 5. The van der Waals surface area contributed by atoms with Crippen LogP contribution in [-0.4, -0.2) is 40.5 Å². The van der Waals surface area contributed by atoms with Crippen molar-refractivity contribution in [2.24, 2.45) is 0 Å². The molecule has 6 nitrogen and oxygen atoms in total. The molecule has 94 valence electrons. The van der Waals surface area contributed by atoms with Crippen LogP contribution in [0.5, 0.6) is 0 Å². The van der Waals surface area contributed by atoms with Gasteiger partial charge in [0.1, 0.15) is 0 Å². The number of thiophene rings is 1. The number of aliphatic hydroxyl groups excluding tert-OH is 1. The second-order valence-corrected chi connectivity index (χ2v) is 4.47. The van der Waals surface area contributed by atoms with Gasteiger partial charge in [0, 0.05) is 19.2 Å². The summed E-state index contributed by atoms with van der Waals surface area (Å²) in [5, 5.41) is 19.3. The van der Waals surface area contributed by atoms with Gasteiger partial charge in [-0.3, -0.25) is 14.9 Å². The first-order valence-corrected chi connectivity index (χ1v) is 6.06. The van der Waals surface area contributed by atoms with Crippen LogP contribution >= 0.6 is 11.3 Å². The molecule has 7 heteroatoms. The van der Waals surface area contributed by atoms with Crippen LogP contribution in [0.25, 0.3) is 0 Å². The Balaban J connectivity index is 2.81. The van der Waals surface area contributed by atoms with Crippen LogP contribution in [0.3, 0.4) is 0 Å². The van der Waals surface area contributed by atoms with Crippen LogP contribution in [0.4, 0.5) is 5.00 Å². The smallest absolute Gasteiger partial charge is 0.324 e. The predicted molar refractivity (Wildman–Crippen MR) is 64.3 cm³/mol. The van der Waals surface area contributed by atoms with Gasteiger partial charge in [-0.2, -0.15) is 0 Å². The molecule has 0 saturated carbocycles. The van der Waals surface area contributed by atoms with Gasteiger partial charge >= 0.3 is 5.00 Å². The zero-order valence-electron chi connectivity index (χ0n) is 9.46. The molecule has 0 aliphatic heterocycles. The van der Waals surface area contributed by atoms with E-state index >= 15 is 0 Å². The van der Waals surface area contributed by atoms with E-state index < -0.39 is 4.92 Å². The number of carbonyl (C=O) groups excluding carboxylic acids is 1. The third-order valence-electron chi connectivity index (χ3n) is 2.13. The fourth-order valence-electron chi connectivity index (χ4n) is 1.40. The lowest BCUT2D eigenvalue weighted by molar-refractivity contribution is -0.380. The zero-order valence-corrected chi connectivity index (χ0v) is 10.3. The molecule has 0 saturated heterocycles. The van der Waals surface area contributed by atoms with Crippen molar-refractivity contribution >= 4 is 22.2 Å². The summed E-state index contributed by atoms with van der Waals surface area (Å²) in [4.78, 5) is 23.8. The van der Waals surface area contributed by atoms with Gasteiger partial charge in [-0.25, -0.2) is 0 Å². The lowest BCUT2D eigenvalue weighted by Gasteiger charge is -2.19. The van der Waals surface area contributed by atoms with E-state index in [9.17, 15) is 14.9 Å². The third kappa shape index (κ3) is 3.50. The van der Waals surface area contributed by atoms with Crippen LogP contribution in [0.15, 0.2) is 12.1 Å². The van der Waals surface area contributed by atoms with Crippen LogP contribution in [0, 0.1) is 10.1 Å². The minimum absolute atomic E-state index is 0.0474. The fraction of sp³-hybridized carbons (Fsp3) is 0.500. The molecule has 0 unspecified atom stereocenters. The van der Waals surface area contributed by atoms with Crippen molar-refractivity contribution < 1.29 is 14.8 Å². The van der Waals surface area contributed by atoms with Crippen LogP contribution in [0.2, 0.25) is 0 Å². The van der Waals surface area contributed by atoms with E-state index in [-0.39, 0.29) is 24.1 Å². The number of nitrogens with zero attached hydrogens (tertiary/aromatic N) is 2. The topological polar surface area (TPSA) is 83.7 Å². The highest BCUT2D eigenvalue weighted by Crippen LogP contribution is 2.25. The zero-order chi connectivity index (χ0) is 12.8. The van der Waals surface area contributed by atoms with Crippen molar-refractivity contribution in [3.05, 3.63) is 27.1 Å². The van der Waals surface area contributed by atoms with Gasteiger partial charge in [-0.1, -0.05) is 18.3 Å². The molecule has 0 aromatic carbocycles. The minimum Gasteiger partial charge on any atom is -0.395 e. The summed E-state index contributed by atoms with van der Waals surface area (Å²) in [6, 6.07) is 2.77. The molecule has 1 amide bonds. The monoisotopic (exact) mass is 258 g/mol. The molecule has 0 radical (unpaired) electrons. The molecule has 0 aliphatic rings. The van der Waals surface area contributed by atoms with E-state index in [1.165, 1.54) is 17.0 Å². The van der Waals surface area contributed by atoms with Gasteiger partial charge in [0.05, 0.1) is 16.4 Å². The van der Waals surface area contributed by atoms with Crippen molar-refractivity contribution in [3.63, 3.8) is 0 Å². The number of amides is 1. The molecule has 1 N–H and O–H groups in total. The second kappa shape index (κ2) is 6.31. The van der Waals surface area contributed by atoms with Gasteiger partial charge in [-0.15, -0.1) is 0 Å². The normalized spacial score (nSPS) is 10.2. The Hall–Kier alpha value is -1.47. The van der Waals surface area contributed by atoms with Gasteiger partial charge in [0.2, 0.25) is 0 Å². The molecule has 1 rings (SSSR count). The molecule has 0 atom stereocenters. The van der Waals surface area contributed by atoms with Crippen molar-refractivity contribution in [1.82, 2.24) is 4.90 Å². The number of rotatable bonds is 6. The molecule has 17 heavy (non-hydrogen) atoms. The summed E-state index contributed by atoms with van der Waals surface area (Å²) in [6.45, 7) is 2.59. The number of aliphatic hydroxyl groups is 1. The number of carbonyl (C=O) groups is 1.